The molecule has 2 nitrogen and oxygen atoms in total. The molecule has 5 heteroatoms. The fourth-order valence-corrected chi connectivity index (χ4v) is 3.33. The van der Waals surface area contributed by atoms with E-state index in [1.54, 1.807) is 24.3 Å². The molecule has 0 N–H and O–H groups in total. The first kappa shape index (κ1) is 22.0. The lowest BCUT2D eigenvalue weighted by molar-refractivity contribution is -0.131. The Morgan fingerprint density at radius 2 is 1.57 bits per heavy atom. The lowest BCUT2D eigenvalue weighted by atomic mass is 10.0. The van der Waals surface area contributed by atoms with Gasteiger partial charge in [0.15, 0.2) is 0 Å². The van der Waals surface area contributed by atoms with Crippen molar-refractivity contribution in [2.24, 2.45) is 11.8 Å². The van der Waals surface area contributed by atoms with Crippen molar-refractivity contribution < 1.29 is 18.0 Å². The van der Waals surface area contributed by atoms with E-state index in [0.29, 0.717) is 24.6 Å². The molecule has 1 heterocycles. The minimum absolute atomic E-state index is 0.0353. The smallest absolute Gasteiger partial charge is 0.225 e. The first-order valence-corrected chi connectivity index (χ1v) is 9.76. The summed E-state index contributed by atoms with van der Waals surface area (Å²) >= 11 is 0. The maximum atomic E-state index is 13.3. The van der Waals surface area contributed by atoms with Crippen molar-refractivity contribution in [3.63, 3.8) is 0 Å². The summed E-state index contributed by atoms with van der Waals surface area (Å²) in [5, 5.41) is 0. The van der Waals surface area contributed by atoms with E-state index in [1.807, 2.05) is 6.07 Å². The van der Waals surface area contributed by atoms with Gasteiger partial charge in [-0.25, -0.2) is 8.78 Å². The van der Waals surface area contributed by atoms with Crippen LogP contribution in [0.1, 0.15) is 32.6 Å². The molecule has 2 aliphatic rings. The number of rotatable bonds is 3. The highest BCUT2D eigenvalue weighted by molar-refractivity contribution is 5.81. The van der Waals surface area contributed by atoms with Crippen molar-refractivity contribution in [1.82, 2.24) is 4.90 Å². The van der Waals surface area contributed by atoms with Crippen LogP contribution in [0.3, 0.4) is 0 Å². The van der Waals surface area contributed by atoms with Crippen molar-refractivity contribution in [2.75, 3.05) is 20.3 Å². The van der Waals surface area contributed by atoms with Gasteiger partial charge in [0.25, 0.3) is 0 Å². The van der Waals surface area contributed by atoms with Gasteiger partial charge in [0, 0.05) is 19.0 Å². The average Bonchev–Trinajstić information content (AvgIpc) is 3.47. The Bertz CT molecular complexity index is 727. The van der Waals surface area contributed by atoms with Gasteiger partial charge in [-0.2, -0.15) is 0 Å². The molecule has 1 saturated carbocycles. The van der Waals surface area contributed by atoms with Gasteiger partial charge < -0.3 is 4.90 Å². The standard InChI is InChI=1S/C12H8F2.C10H17NO.CH3F/c13-10-7-4-8-11(14)12(10)9-5-2-1-3-6-9;1-2-8-5-6-11(7-8)10(12)9-3-4-9;1-2/h1-8H;8-9H,2-7H2,1H3;1H3. The van der Waals surface area contributed by atoms with Crippen LogP contribution in [0.4, 0.5) is 13.2 Å². The molecule has 1 unspecified atom stereocenters. The van der Waals surface area contributed by atoms with E-state index in [0.717, 1.165) is 31.8 Å². The molecular weight excluding hydrogens is 363 g/mol. The van der Waals surface area contributed by atoms with Gasteiger partial charge in [0.2, 0.25) is 5.91 Å². The van der Waals surface area contributed by atoms with Crippen LogP contribution in [0, 0.1) is 23.5 Å². The van der Waals surface area contributed by atoms with Crippen LogP contribution in [-0.4, -0.2) is 31.1 Å². The molecule has 1 atom stereocenters. The number of alkyl halides is 1. The molecule has 1 aliphatic heterocycles. The zero-order valence-electron chi connectivity index (χ0n) is 16.5. The van der Waals surface area contributed by atoms with Gasteiger partial charge in [0.05, 0.1) is 12.7 Å². The molecule has 2 aromatic rings. The van der Waals surface area contributed by atoms with Gasteiger partial charge >= 0.3 is 0 Å². The van der Waals surface area contributed by atoms with Crippen LogP contribution >= 0.6 is 0 Å². The first-order chi connectivity index (χ1) is 13.6. The van der Waals surface area contributed by atoms with Crippen molar-refractivity contribution in [3.05, 3.63) is 60.2 Å². The Balaban J connectivity index is 0.000000186. The van der Waals surface area contributed by atoms with Gasteiger partial charge in [0.1, 0.15) is 11.6 Å². The largest absolute Gasteiger partial charge is 0.342 e. The summed E-state index contributed by atoms with van der Waals surface area (Å²) < 4.78 is 36.1. The zero-order chi connectivity index (χ0) is 20.5. The average molecular weight is 391 g/mol. The SMILES string of the molecule is CCC1CCN(C(=O)C2CC2)C1.CF.Fc1cccc(F)c1-c1ccccc1. The summed E-state index contributed by atoms with van der Waals surface area (Å²) in [6, 6.07) is 12.5. The molecule has 0 spiro atoms. The van der Waals surface area contributed by atoms with E-state index < -0.39 is 11.6 Å². The lowest BCUT2D eigenvalue weighted by Gasteiger charge is -2.15. The monoisotopic (exact) mass is 391 g/mol. The number of halogens is 3. The molecule has 1 amide bonds. The number of carbonyl (C=O) groups is 1. The minimum atomic E-state index is -0.531. The highest BCUT2D eigenvalue weighted by atomic mass is 19.1. The first-order valence-electron chi connectivity index (χ1n) is 9.76. The number of likely N-dealkylation sites (tertiary alicyclic amines) is 1. The van der Waals surface area contributed by atoms with Crippen molar-refractivity contribution in [1.29, 1.82) is 0 Å². The summed E-state index contributed by atoms with van der Waals surface area (Å²) in [5.41, 5.74) is 0.594. The van der Waals surface area contributed by atoms with Crippen LogP contribution < -0.4 is 0 Å². The van der Waals surface area contributed by atoms with Crippen LogP contribution in [0.2, 0.25) is 0 Å². The Hall–Kier alpha value is -2.30. The van der Waals surface area contributed by atoms with Crippen molar-refractivity contribution in [2.45, 2.75) is 32.6 Å². The van der Waals surface area contributed by atoms with Gasteiger partial charge in [-0.15, -0.1) is 0 Å². The molecular formula is C23H28F3NO. The molecule has 152 valence electrons. The van der Waals surface area contributed by atoms with E-state index in [9.17, 15) is 18.0 Å². The maximum absolute atomic E-state index is 13.3. The topological polar surface area (TPSA) is 20.3 Å². The highest BCUT2D eigenvalue weighted by Crippen LogP contribution is 2.33. The zero-order valence-corrected chi connectivity index (χ0v) is 16.5. The fraction of sp³-hybridized carbons (Fsp3) is 0.435. The minimum Gasteiger partial charge on any atom is -0.342 e. The second-order valence-corrected chi connectivity index (χ2v) is 7.08. The molecule has 4 rings (SSSR count). The number of benzene rings is 2. The summed E-state index contributed by atoms with van der Waals surface area (Å²) in [7, 11) is 0.500. The number of amides is 1. The van der Waals surface area contributed by atoms with Crippen LogP contribution in [0.5, 0.6) is 0 Å². The number of hydrogen-bond acceptors (Lipinski definition) is 1. The predicted molar refractivity (Wildman–Crippen MR) is 107 cm³/mol. The third kappa shape index (κ3) is 5.85. The maximum Gasteiger partial charge on any atom is 0.225 e. The molecule has 2 fully saturated rings. The fourth-order valence-electron chi connectivity index (χ4n) is 3.33. The Morgan fingerprint density at radius 1 is 0.964 bits per heavy atom. The van der Waals surface area contributed by atoms with E-state index >= 15 is 0 Å². The normalized spacial score (nSPS) is 17.9. The summed E-state index contributed by atoms with van der Waals surface area (Å²) in [6.07, 6.45) is 4.75. The molecule has 2 aromatic carbocycles. The van der Waals surface area contributed by atoms with Crippen LogP contribution in [-0.2, 0) is 4.79 Å². The Morgan fingerprint density at radius 3 is 2.07 bits per heavy atom. The second-order valence-electron chi connectivity index (χ2n) is 7.08. The predicted octanol–water partition coefficient (Wildman–Crippen LogP) is 5.87. The second kappa shape index (κ2) is 10.9. The number of hydrogen-bond donors (Lipinski definition) is 0. The summed E-state index contributed by atoms with van der Waals surface area (Å²) in [5.74, 6) is 0.576. The summed E-state index contributed by atoms with van der Waals surface area (Å²) in [4.78, 5) is 13.7. The van der Waals surface area contributed by atoms with Crippen LogP contribution in [0.15, 0.2) is 48.5 Å². The number of nitrogens with zero attached hydrogens (tertiary/aromatic N) is 1. The lowest BCUT2D eigenvalue weighted by Crippen LogP contribution is -2.29. The van der Waals surface area contributed by atoms with E-state index in [2.05, 4.69) is 11.8 Å². The van der Waals surface area contributed by atoms with Crippen molar-refractivity contribution in [3.8, 4) is 11.1 Å². The Kier molecular flexibility index (Phi) is 8.55. The molecule has 0 bridgehead atoms. The van der Waals surface area contributed by atoms with Gasteiger partial charge in [-0.3, -0.25) is 9.18 Å². The highest BCUT2D eigenvalue weighted by Gasteiger charge is 2.35. The molecule has 0 radical (unpaired) electrons. The molecule has 28 heavy (non-hydrogen) atoms. The molecule has 0 aromatic heterocycles. The van der Waals surface area contributed by atoms with E-state index in [-0.39, 0.29) is 5.56 Å². The Labute approximate surface area is 165 Å². The van der Waals surface area contributed by atoms with Gasteiger partial charge in [-0.05, 0) is 42.9 Å². The third-order valence-corrected chi connectivity index (χ3v) is 5.13. The number of carbonyl (C=O) groups excluding carboxylic acids is 1. The van der Waals surface area contributed by atoms with Crippen LogP contribution in [0.25, 0.3) is 11.1 Å². The van der Waals surface area contributed by atoms with Crippen molar-refractivity contribution >= 4 is 5.91 Å². The molecule has 1 saturated heterocycles. The summed E-state index contributed by atoms with van der Waals surface area (Å²) in [6.45, 7) is 4.27. The quantitative estimate of drug-likeness (QED) is 0.640. The molecule has 1 aliphatic carbocycles. The van der Waals surface area contributed by atoms with E-state index in [4.69, 9.17) is 0 Å². The third-order valence-electron chi connectivity index (χ3n) is 5.13. The van der Waals surface area contributed by atoms with Gasteiger partial charge in [-0.1, -0.05) is 49.7 Å². The van der Waals surface area contributed by atoms with E-state index in [1.165, 1.54) is 31.0 Å².